The van der Waals surface area contributed by atoms with Crippen LogP contribution < -0.4 is 0 Å². The summed E-state index contributed by atoms with van der Waals surface area (Å²) in [5.41, 5.74) is 1.59. The molecule has 22 heavy (non-hydrogen) atoms. The number of hydrogen-bond donors (Lipinski definition) is 0. The predicted molar refractivity (Wildman–Crippen MR) is 88.7 cm³/mol. The van der Waals surface area contributed by atoms with E-state index >= 15 is 0 Å². The molecule has 1 aromatic carbocycles. The van der Waals surface area contributed by atoms with Gasteiger partial charge in [0.15, 0.2) is 0 Å². The summed E-state index contributed by atoms with van der Waals surface area (Å²) in [6, 6.07) is 11.0. The zero-order valence-corrected chi connectivity index (χ0v) is 13.8. The number of piperazine rings is 1. The van der Waals surface area contributed by atoms with E-state index in [0.29, 0.717) is 0 Å². The monoisotopic (exact) mass is 301 g/mol. The van der Waals surface area contributed by atoms with E-state index in [0.717, 1.165) is 39.3 Å². The Morgan fingerprint density at radius 2 is 1.55 bits per heavy atom. The molecule has 1 amide bonds. The highest BCUT2D eigenvalue weighted by Crippen LogP contribution is 2.39. The molecular weight excluding hydrogens is 274 g/mol. The van der Waals surface area contributed by atoms with Crippen molar-refractivity contribution in [3.8, 4) is 0 Å². The van der Waals surface area contributed by atoms with Gasteiger partial charge in [-0.1, -0.05) is 30.3 Å². The fourth-order valence-electron chi connectivity index (χ4n) is 3.97. The third kappa shape index (κ3) is 2.90. The van der Waals surface area contributed by atoms with Gasteiger partial charge in [-0.2, -0.15) is 0 Å². The summed E-state index contributed by atoms with van der Waals surface area (Å²) in [6.07, 6.45) is 2.35. The first-order valence-corrected chi connectivity index (χ1v) is 8.36. The molecule has 0 radical (unpaired) electrons. The molecule has 2 heterocycles. The molecule has 0 aromatic heterocycles. The fourth-order valence-corrected chi connectivity index (χ4v) is 3.97. The van der Waals surface area contributed by atoms with Crippen molar-refractivity contribution in [3.63, 3.8) is 0 Å². The van der Waals surface area contributed by atoms with Gasteiger partial charge in [0.2, 0.25) is 5.91 Å². The van der Waals surface area contributed by atoms with Crippen molar-refractivity contribution in [1.29, 1.82) is 0 Å². The molecule has 0 atom stereocenters. The smallest absolute Gasteiger partial charge is 0.219 e. The van der Waals surface area contributed by atoms with Crippen LogP contribution in [0.3, 0.4) is 0 Å². The summed E-state index contributed by atoms with van der Waals surface area (Å²) in [5.74, 6) is 0.205. The number of likely N-dealkylation sites (tertiary alicyclic amines) is 1. The predicted octanol–water partition coefficient (Wildman–Crippen LogP) is 1.77. The van der Waals surface area contributed by atoms with Crippen molar-refractivity contribution in [2.24, 2.45) is 0 Å². The van der Waals surface area contributed by atoms with Crippen LogP contribution in [-0.4, -0.2) is 66.9 Å². The maximum absolute atomic E-state index is 11.6. The maximum atomic E-state index is 11.6. The lowest BCUT2D eigenvalue weighted by Gasteiger charge is -2.51. The van der Waals surface area contributed by atoms with Crippen LogP contribution in [0.25, 0.3) is 0 Å². The molecule has 2 aliphatic rings. The summed E-state index contributed by atoms with van der Waals surface area (Å²) in [7, 11) is 2.21. The highest BCUT2D eigenvalue weighted by molar-refractivity contribution is 5.73. The number of carbonyl (C=O) groups excluding carboxylic acids is 1. The van der Waals surface area contributed by atoms with Crippen molar-refractivity contribution in [2.75, 3.05) is 46.3 Å². The first-order chi connectivity index (χ1) is 10.6. The van der Waals surface area contributed by atoms with Crippen LogP contribution in [0.15, 0.2) is 30.3 Å². The van der Waals surface area contributed by atoms with Gasteiger partial charge >= 0.3 is 0 Å². The normalized spacial score (nSPS) is 23.5. The van der Waals surface area contributed by atoms with Gasteiger partial charge in [-0.3, -0.25) is 9.69 Å². The molecule has 0 spiro atoms. The summed E-state index contributed by atoms with van der Waals surface area (Å²) in [4.78, 5) is 18.6. The molecule has 4 heteroatoms. The van der Waals surface area contributed by atoms with E-state index in [-0.39, 0.29) is 11.4 Å². The number of rotatable bonds is 2. The molecule has 120 valence electrons. The number of amides is 1. The maximum Gasteiger partial charge on any atom is 0.219 e. The van der Waals surface area contributed by atoms with Crippen LogP contribution >= 0.6 is 0 Å². The van der Waals surface area contributed by atoms with Crippen molar-refractivity contribution in [3.05, 3.63) is 35.9 Å². The van der Waals surface area contributed by atoms with E-state index in [1.807, 2.05) is 4.90 Å². The molecular formula is C18H27N3O. The van der Waals surface area contributed by atoms with Gasteiger partial charge in [-0.25, -0.2) is 0 Å². The summed E-state index contributed by atoms with van der Waals surface area (Å²) in [6.45, 7) is 7.65. The second-order valence-electron chi connectivity index (χ2n) is 6.69. The topological polar surface area (TPSA) is 26.8 Å². The molecule has 0 bridgehead atoms. The van der Waals surface area contributed by atoms with Crippen molar-refractivity contribution in [1.82, 2.24) is 14.7 Å². The minimum absolute atomic E-state index is 0.149. The number of piperidine rings is 1. The molecule has 3 rings (SSSR count). The number of benzene rings is 1. The highest BCUT2D eigenvalue weighted by Gasteiger charge is 2.41. The third-order valence-corrected chi connectivity index (χ3v) is 5.46. The van der Waals surface area contributed by atoms with Gasteiger partial charge in [0.1, 0.15) is 0 Å². The minimum Gasteiger partial charge on any atom is -0.340 e. The average molecular weight is 301 g/mol. The van der Waals surface area contributed by atoms with Crippen LogP contribution in [0, 0.1) is 0 Å². The summed E-state index contributed by atoms with van der Waals surface area (Å²) >= 11 is 0. The van der Waals surface area contributed by atoms with Gasteiger partial charge in [-0.15, -0.1) is 0 Å². The van der Waals surface area contributed by atoms with Crippen LogP contribution in [0.5, 0.6) is 0 Å². The van der Waals surface area contributed by atoms with E-state index < -0.39 is 0 Å². The molecule has 2 saturated heterocycles. The fraction of sp³-hybridized carbons (Fsp3) is 0.611. The quantitative estimate of drug-likeness (QED) is 0.833. The number of carbonyl (C=O) groups is 1. The molecule has 0 unspecified atom stereocenters. The van der Waals surface area contributed by atoms with Crippen molar-refractivity contribution < 1.29 is 4.79 Å². The van der Waals surface area contributed by atoms with Gasteiger partial charge in [0.25, 0.3) is 0 Å². The largest absolute Gasteiger partial charge is 0.340 e. The van der Waals surface area contributed by atoms with Crippen LogP contribution in [-0.2, 0) is 10.3 Å². The molecule has 0 N–H and O–H groups in total. The Hall–Kier alpha value is -1.39. The Morgan fingerprint density at radius 1 is 0.955 bits per heavy atom. The summed E-state index contributed by atoms with van der Waals surface area (Å²) < 4.78 is 0. The molecule has 0 saturated carbocycles. The molecule has 2 fully saturated rings. The highest BCUT2D eigenvalue weighted by atomic mass is 16.2. The van der Waals surface area contributed by atoms with E-state index in [9.17, 15) is 4.79 Å². The van der Waals surface area contributed by atoms with E-state index in [4.69, 9.17) is 0 Å². The molecule has 2 aliphatic heterocycles. The Bertz CT molecular complexity index is 500. The Balaban J connectivity index is 1.83. The van der Waals surface area contributed by atoms with Gasteiger partial charge in [0, 0.05) is 38.6 Å². The lowest BCUT2D eigenvalue weighted by Crippen LogP contribution is -2.59. The van der Waals surface area contributed by atoms with Crippen LogP contribution in [0.4, 0.5) is 0 Å². The first-order valence-electron chi connectivity index (χ1n) is 8.36. The van der Waals surface area contributed by atoms with E-state index in [1.165, 1.54) is 18.4 Å². The third-order valence-electron chi connectivity index (χ3n) is 5.46. The first kappa shape index (κ1) is 15.5. The molecule has 4 nitrogen and oxygen atoms in total. The zero-order valence-electron chi connectivity index (χ0n) is 13.8. The van der Waals surface area contributed by atoms with E-state index in [1.54, 1.807) is 6.92 Å². The second kappa shape index (κ2) is 6.39. The van der Waals surface area contributed by atoms with Crippen LogP contribution in [0.2, 0.25) is 0 Å². The van der Waals surface area contributed by atoms with Crippen LogP contribution in [0.1, 0.15) is 25.3 Å². The molecule has 1 aromatic rings. The Labute approximate surface area is 133 Å². The Kier molecular flexibility index (Phi) is 4.50. The Morgan fingerprint density at radius 3 is 2.09 bits per heavy atom. The second-order valence-corrected chi connectivity index (χ2v) is 6.69. The van der Waals surface area contributed by atoms with Crippen molar-refractivity contribution in [2.45, 2.75) is 25.3 Å². The lowest BCUT2D eigenvalue weighted by molar-refractivity contribution is -0.132. The van der Waals surface area contributed by atoms with Gasteiger partial charge < -0.3 is 9.80 Å². The van der Waals surface area contributed by atoms with Gasteiger partial charge in [-0.05, 0) is 38.5 Å². The van der Waals surface area contributed by atoms with E-state index in [2.05, 4.69) is 47.2 Å². The SMILES string of the molecule is CC(=O)N1CCN(C2(c3ccccc3)CCN(C)CC2)CC1. The number of nitrogens with zero attached hydrogens (tertiary/aromatic N) is 3. The zero-order chi connectivity index (χ0) is 15.6. The van der Waals surface area contributed by atoms with Crippen molar-refractivity contribution >= 4 is 5.91 Å². The molecule has 0 aliphatic carbocycles. The minimum atomic E-state index is 0.149. The standard InChI is InChI=1S/C18H27N3O/c1-16(22)20-12-14-21(15-13-20)18(8-10-19(2)11-9-18)17-6-4-3-5-7-17/h3-7H,8-15H2,1-2H3. The lowest BCUT2D eigenvalue weighted by atomic mass is 9.79. The van der Waals surface area contributed by atoms with Gasteiger partial charge in [0.05, 0.1) is 0 Å². The summed E-state index contributed by atoms with van der Waals surface area (Å²) in [5, 5.41) is 0. The average Bonchev–Trinajstić information content (AvgIpc) is 2.57. The number of hydrogen-bond acceptors (Lipinski definition) is 3.